The summed E-state index contributed by atoms with van der Waals surface area (Å²) >= 11 is 0. The van der Waals surface area contributed by atoms with Gasteiger partial charge in [-0.25, -0.2) is 4.39 Å². The van der Waals surface area contributed by atoms with Crippen LogP contribution >= 0.6 is 0 Å². The van der Waals surface area contributed by atoms with Crippen molar-refractivity contribution in [2.45, 2.75) is 13.3 Å². The van der Waals surface area contributed by atoms with Crippen molar-refractivity contribution in [1.82, 2.24) is 0 Å². The molecule has 21 heavy (non-hydrogen) atoms. The molecule has 0 spiro atoms. The largest absolute Gasteiger partial charge is 0.488 e. The monoisotopic (exact) mass is 287 g/mol. The molecular formula is C15H15BFNO3. The Labute approximate surface area is 122 Å². The Bertz CT molecular complexity index is 661. The number of halogens is 1. The van der Waals surface area contributed by atoms with Crippen LogP contribution < -0.4 is 10.8 Å². The van der Waals surface area contributed by atoms with Gasteiger partial charge in [0.25, 0.3) is 5.91 Å². The Morgan fingerprint density at radius 1 is 1.24 bits per heavy atom. The van der Waals surface area contributed by atoms with Gasteiger partial charge in [-0.2, -0.15) is 0 Å². The number of aryl methyl sites for hydroxylation is 1. The molecule has 0 heterocycles. The van der Waals surface area contributed by atoms with E-state index < -0.39 is 18.8 Å². The molecular weight excluding hydrogens is 272 g/mol. The van der Waals surface area contributed by atoms with Crippen molar-refractivity contribution in [3.05, 3.63) is 59.4 Å². The van der Waals surface area contributed by atoms with Gasteiger partial charge >= 0.3 is 7.12 Å². The van der Waals surface area contributed by atoms with Gasteiger partial charge in [0.1, 0.15) is 5.82 Å². The first-order chi connectivity index (χ1) is 10.0. The van der Waals surface area contributed by atoms with Crippen molar-refractivity contribution in [1.29, 1.82) is 0 Å². The highest BCUT2D eigenvalue weighted by Crippen LogP contribution is 2.16. The topological polar surface area (TPSA) is 69.6 Å². The Morgan fingerprint density at radius 2 is 1.95 bits per heavy atom. The summed E-state index contributed by atoms with van der Waals surface area (Å²) in [5.41, 5.74) is 1.58. The number of carbonyl (C=O) groups excluding carboxylic acids is 1. The van der Waals surface area contributed by atoms with Crippen molar-refractivity contribution >= 4 is 24.2 Å². The fourth-order valence-corrected chi connectivity index (χ4v) is 2.04. The van der Waals surface area contributed by atoms with Crippen LogP contribution in [0.5, 0.6) is 0 Å². The first kappa shape index (κ1) is 15.2. The molecule has 4 nitrogen and oxygen atoms in total. The van der Waals surface area contributed by atoms with Crippen molar-refractivity contribution < 1.29 is 19.2 Å². The molecule has 3 N–H and O–H groups in total. The van der Waals surface area contributed by atoms with Gasteiger partial charge < -0.3 is 15.4 Å². The first-order valence-corrected chi connectivity index (χ1v) is 6.57. The summed E-state index contributed by atoms with van der Waals surface area (Å²) < 4.78 is 13.4. The van der Waals surface area contributed by atoms with E-state index in [0.717, 1.165) is 24.1 Å². The minimum absolute atomic E-state index is 0.0315. The van der Waals surface area contributed by atoms with Gasteiger partial charge in [-0.15, -0.1) is 0 Å². The van der Waals surface area contributed by atoms with E-state index in [1.54, 1.807) is 12.1 Å². The van der Waals surface area contributed by atoms with Gasteiger partial charge in [0, 0.05) is 11.3 Å². The van der Waals surface area contributed by atoms with Gasteiger partial charge in [0.15, 0.2) is 0 Å². The Balaban J connectivity index is 2.28. The van der Waals surface area contributed by atoms with E-state index in [4.69, 9.17) is 10.0 Å². The van der Waals surface area contributed by atoms with E-state index in [0.29, 0.717) is 5.69 Å². The van der Waals surface area contributed by atoms with Crippen LogP contribution in [0.15, 0.2) is 42.5 Å². The second-order valence-electron chi connectivity index (χ2n) is 4.61. The van der Waals surface area contributed by atoms with Gasteiger partial charge in [0.2, 0.25) is 0 Å². The number of hydrogen-bond donors (Lipinski definition) is 3. The maximum atomic E-state index is 13.4. The van der Waals surface area contributed by atoms with Crippen molar-refractivity contribution in [3.8, 4) is 0 Å². The molecule has 108 valence electrons. The molecule has 2 aromatic rings. The summed E-state index contributed by atoms with van der Waals surface area (Å²) in [6, 6.07) is 10.6. The van der Waals surface area contributed by atoms with Gasteiger partial charge in [0.05, 0.1) is 0 Å². The zero-order valence-electron chi connectivity index (χ0n) is 11.5. The van der Waals surface area contributed by atoms with Crippen LogP contribution in [0.4, 0.5) is 10.1 Å². The van der Waals surface area contributed by atoms with E-state index in [1.165, 1.54) is 6.07 Å². The summed E-state index contributed by atoms with van der Waals surface area (Å²) in [4.78, 5) is 12.2. The maximum Gasteiger partial charge on any atom is 0.488 e. The molecule has 0 saturated heterocycles. The minimum Gasteiger partial charge on any atom is -0.423 e. The highest BCUT2D eigenvalue weighted by molar-refractivity contribution is 6.58. The maximum absolute atomic E-state index is 13.4. The predicted molar refractivity (Wildman–Crippen MR) is 80.0 cm³/mol. The fourth-order valence-electron chi connectivity index (χ4n) is 2.04. The number of rotatable bonds is 4. The second kappa shape index (κ2) is 6.52. The molecule has 0 atom stereocenters. The van der Waals surface area contributed by atoms with Crippen LogP contribution in [-0.2, 0) is 6.42 Å². The highest BCUT2D eigenvalue weighted by Gasteiger charge is 2.16. The lowest BCUT2D eigenvalue weighted by atomic mass is 9.79. The quantitative estimate of drug-likeness (QED) is 0.743. The Morgan fingerprint density at radius 3 is 2.62 bits per heavy atom. The van der Waals surface area contributed by atoms with E-state index in [9.17, 15) is 9.18 Å². The summed E-state index contributed by atoms with van der Waals surface area (Å²) in [6.07, 6.45) is 0.750. The molecule has 0 saturated carbocycles. The van der Waals surface area contributed by atoms with Crippen LogP contribution in [0.3, 0.4) is 0 Å². The first-order valence-electron chi connectivity index (χ1n) is 6.57. The highest BCUT2D eigenvalue weighted by atomic mass is 19.1. The van der Waals surface area contributed by atoms with Crippen molar-refractivity contribution in [2.75, 3.05) is 5.32 Å². The zero-order valence-corrected chi connectivity index (χ0v) is 11.5. The van der Waals surface area contributed by atoms with Crippen molar-refractivity contribution in [2.24, 2.45) is 0 Å². The SMILES string of the molecule is CCc1ccccc1NC(=O)c1cc(F)cc(B(O)O)c1. The van der Waals surface area contributed by atoms with Crippen LogP contribution in [0, 0.1) is 5.82 Å². The Hall–Kier alpha value is -2.18. The minimum atomic E-state index is -1.82. The molecule has 0 aliphatic carbocycles. The average Bonchev–Trinajstić information content (AvgIpc) is 2.47. The van der Waals surface area contributed by atoms with Crippen LogP contribution in [0.25, 0.3) is 0 Å². The molecule has 0 aromatic heterocycles. The number of hydrogen-bond acceptors (Lipinski definition) is 3. The lowest BCUT2D eigenvalue weighted by Gasteiger charge is -2.10. The third kappa shape index (κ3) is 3.68. The third-order valence-corrected chi connectivity index (χ3v) is 3.13. The molecule has 0 unspecified atom stereocenters. The normalized spacial score (nSPS) is 10.3. The molecule has 0 radical (unpaired) electrons. The molecule has 1 amide bonds. The summed E-state index contributed by atoms with van der Waals surface area (Å²) in [6.45, 7) is 1.97. The molecule has 0 aliphatic heterocycles. The fraction of sp³-hybridized carbons (Fsp3) is 0.133. The second-order valence-corrected chi connectivity index (χ2v) is 4.61. The molecule has 2 aromatic carbocycles. The van der Waals surface area contributed by atoms with Gasteiger partial charge in [-0.1, -0.05) is 25.1 Å². The smallest absolute Gasteiger partial charge is 0.423 e. The van der Waals surface area contributed by atoms with Crippen LogP contribution in [-0.4, -0.2) is 23.1 Å². The molecule has 0 bridgehead atoms. The van der Waals surface area contributed by atoms with E-state index >= 15 is 0 Å². The van der Waals surface area contributed by atoms with Crippen molar-refractivity contribution in [3.63, 3.8) is 0 Å². The van der Waals surface area contributed by atoms with Gasteiger partial charge in [-0.05, 0) is 41.7 Å². The predicted octanol–water partition coefficient (Wildman–Crippen LogP) is 1.32. The number of anilines is 1. The average molecular weight is 287 g/mol. The van der Waals surface area contributed by atoms with Crippen LogP contribution in [0.1, 0.15) is 22.8 Å². The number of para-hydroxylation sites is 1. The zero-order chi connectivity index (χ0) is 15.4. The van der Waals surface area contributed by atoms with Crippen LogP contribution in [0.2, 0.25) is 0 Å². The van der Waals surface area contributed by atoms with E-state index in [1.807, 2.05) is 19.1 Å². The van der Waals surface area contributed by atoms with E-state index in [2.05, 4.69) is 5.32 Å². The third-order valence-electron chi connectivity index (χ3n) is 3.13. The summed E-state index contributed by atoms with van der Waals surface area (Å²) in [7, 11) is -1.82. The molecule has 0 fully saturated rings. The summed E-state index contributed by atoms with van der Waals surface area (Å²) in [5.74, 6) is -1.20. The molecule has 6 heteroatoms. The number of nitrogens with one attached hydrogen (secondary N) is 1. The number of carbonyl (C=O) groups is 1. The molecule has 2 rings (SSSR count). The van der Waals surface area contributed by atoms with E-state index in [-0.39, 0.29) is 11.0 Å². The lowest BCUT2D eigenvalue weighted by Crippen LogP contribution is -2.31. The molecule has 0 aliphatic rings. The summed E-state index contributed by atoms with van der Waals surface area (Å²) in [5, 5.41) is 20.9. The number of benzene rings is 2. The standard InChI is InChI=1S/C15H15BFNO3/c1-2-10-5-3-4-6-14(10)18-15(19)11-7-12(16(20)21)9-13(17)8-11/h3-9,20-21H,2H2,1H3,(H,18,19). The van der Waals surface area contributed by atoms with Gasteiger partial charge in [-0.3, -0.25) is 4.79 Å². The lowest BCUT2D eigenvalue weighted by molar-refractivity contribution is 0.102. The number of amides is 1. The Kier molecular flexibility index (Phi) is 4.72.